The summed E-state index contributed by atoms with van der Waals surface area (Å²) >= 11 is 0. The molecule has 2 aromatic heterocycles. The number of fused-ring (bicyclic) bond motifs is 1. The summed E-state index contributed by atoms with van der Waals surface area (Å²) in [5, 5.41) is 11.6. The van der Waals surface area contributed by atoms with Crippen LogP contribution in [0.4, 0.5) is 39.5 Å². The summed E-state index contributed by atoms with van der Waals surface area (Å²) in [7, 11) is 0. The summed E-state index contributed by atoms with van der Waals surface area (Å²) in [4.78, 5) is 25.0. The van der Waals surface area contributed by atoms with Gasteiger partial charge in [-0.15, -0.1) is 0 Å². The fourth-order valence-electron chi connectivity index (χ4n) is 3.56. The van der Waals surface area contributed by atoms with Crippen molar-refractivity contribution in [2.45, 2.75) is 12.6 Å². The van der Waals surface area contributed by atoms with Crippen molar-refractivity contribution in [3.05, 3.63) is 75.3 Å². The molecule has 4 aromatic rings. The molecule has 0 atom stereocenters. The van der Waals surface area contributed by atoms with E-state index < -0.39 is 40.0 Å². The largest absolute Gasteiger partial charge is 0.416 e. The van der Waals surface area contributed by atoms with E-state index in [0.29, 0.717) is 16.7 Å². The summed E-state index contributed by atoms with van der Waals surface area (Å²) in [6, 6.07) is 7.03. The van der Waals surface area contributed by atoms with Crippen molar-refractivity contribution in [2.24, 2.45) is 0 Å². The highest BCUT2D eigenvalue weighted by Gasteiger charge is 2.32. The molecule has 0 fully saturated rings. The molecule has 0 spiro atoms. The molecule has 14 heteroatoms. The molecule has 0 aliphatic heterocycles. The Kier molecular flexibility index (Phi) is 6.15. The minimum atomic E-state index is -4.90. The van der Waals surface area contributed by atoms with Crippen molar-refractivity contribution < 1.29 is 22.0 Å². The van der Waals surface area contributed by atoms with Crippen LogP contribution in [0.25, 0.3) is 16.6 Å². The standard InChI is InChI=1S/C22H15F5N8O/c23-11-6-10(22(25,26)27)7-12(8-11)35-16(32-15-3-1-2-14(24)17(15)20(35)36)4-5-31-19-13(9-28)18(29)33-21(30)34-19/h1-3,6-8H,4-5H2,(H5,29,30,31,33,34). The number of alkyl halides is 3. The zero-order chi connectivity index (χ0) is 26.2. The summed E-state index contributed by atoms with van der Waals surface area (Å²) < 4.78 is 69.2. The molecule has 0 bridgehead atoms. The van der Waals surface area contributed by atoms with E-state index in [1.165, 1.54) is 12.1 Å². The van der Waals surface area contributed by atoms with Crippen LogP contribution < -0.4 is 22.3 Å². The molecule has 0 aliphatic carbocycles. The SMILES string of the molecule is N#Cc1c(N)nc(N)nc1NCCc1nc2cccc(F)c2c(=O)n1-c1cc(F)cc(C(F)(F)F)c1. The van der Waals surface area contributed by atoms with Crippen LogP contribution in [0.1, 0.15) is 17.0 Å². The summed E-state index contributed by atoms with van der Waals surface area (Å²) in [5.41, 5.74) is 8.20. The van der Waals surface area contributed by atoms with Crippen LogP contribution in [-0.4, -0.2) is 26.1 Å². The number of anilines is 3. The number of halogens is 5. The van der Waals surface area contributed by atoms with Crippen LogP contribution in [-0.2, 0) is 12.6 Å². The molecule has 36 heavy (non-hydrogen) atoms. The monoisotopic (exact) mass is 502 g/mol. The van der Waals surface area contributed by atoms with Gasteiger partial charge in [0, 0.05) is 13.0 Å². The van der Waals surface area contributed by atoms with Gasteiger partial charge in [0.1, 0.15) is 40.3 Å². The Balaban J connectivity index is 1.83. The second kappa shape index (κ2) is 9.10. The maximum Gasteiger partial charge on any atom is 0.416 e. The number of rotatable bonds is 5. The van der Waals surface area contributed by atoms with Gasteiger partial charge in [-0.2, -0.15) is 28.4 Å². The van der Waals surface area contributed by atoms with Crippen molar-refractivity contribution in [1.29, 1.82) is 5.26 Å². The van der Waals surface area contributed by atoms with Crippen LogP contribution in [0.3, 0.4) is 0 Å². The molecule has 4 rings (SSSR count). The average Bonchev–Trinajstić information content (AvgIpc) is 2.78. The molecule has 0 saturated heterocycles. The Labute approximate surface area is 198 Å². The lowest BCUT2D eigenvalue weighted by molar-refractivity contribution is -0.137. The third kappa shape index (κ3) is 4.58. The van der Waals surface area contributed by atoms with Gasteiger partial charge in [-0.25, -0.2) is 13.8 Å². The van der Waals surface area contributed by atoms with E-state index in [-0.39, 0.29) is 53.5 Å². The Morgan fingerprint density at radius 3 is 2.53 bits per heavy atom. The average molecular weight is 502 g/mol. The molecule has 9 nitrogen and oxygen atoms in total. The van der Waals surface area contributed by atoms with E-state index in [4.69, 9.17) is 11.5 Å². The third-order valence-electron chi connectivity index (χ3n) is 5.09. The topological polar surface area (TPSA) is 149 Å². The summed E-state index contributed by atoms with van der Waals surface area (Å²) in [5.74, 6) is -2.73. The molecule has 0 aliphatic rings. The molecule has 0 saturated carbocycles. The smallest absolute Gasteiger partial charge is 0.382 e. The lowest BCUT2D eigenvalue weighted by atomic mass is 10.1. The number of benzene rings is 2. The van der Waals surface area contributed by atoms with Crippen molar-refractivity contribution in [3.63, 3.8) is 0 Å². The van der Waals surface area contributed by atoms with Gasteiger partial charge in [-0.3, -0.25) is 9.36 Å². The molecule has 184 valence electrons. The predicted octanol–water partition coefficient (Wildman–Crippen LogP) is 3.16. The maximum atomic E-state index is 14.5. The highest BCUT2D eigenvalue weighted by molar-refractivity contribution is 5.78. The molecule has 2 heterocycles. The lowest BCUT2D eigenvalue weighted by Crippen LogP contribution is -2.26. The van der Waals surface area contributed by atoms with Gasteiger partial charge in [-0.1, -0.05) is 6.07 Å². The van der Waals surface area contributed by atoms with E-state index in [1.54, 1.807) is 0 Å². The molecular weight excluding hydrogens is 487 g/mol. The van der Waals surface area contributed by atoms with Crippen LogP contribution in [0.2, 0.25) is 0 Å². The number of nitrogens with zero attached hydrogens (tertiary/aromatic N) is 5. The van der Waals surface area contributed by atoms with E-state index in [0.717, 1.165) is 6.07 Å². The fraction of sp³-hybridized carbons (Fsp3) is 0.136. The van der Waals surface area contributed by atoms with E-state index in [2.05, 4.69) is 20.3 Å². The Bertz CT molecular complexity index is 1590. The molecule has 0 radical (unpaired) electrons. The number of hydrogen-bond acceptors (Lipinski definition) is 8. The highest BCUT2D eigenvalue weighted by Crippen LogP contribution is 2.31. The quantitative estimate of drug-likeness (QED) is 0.353. The number of nitrogens with one attached hydrogen (secondary N) is 1. The van der Waals surface area contributed by atoms with E-state index >= 15 is 0 Å². The van der Waals surface area contributed by atoms with Crippen LogP contribution in [0.15, 0.2) is 41.2 Å². The zero-order valence-corrected chi connectivity index (χ0v) is 18.1. The predicted molar refractivity (Wildman–Crippen MR) is 120 cm³/mol. The Morgan fingerprint density at radius 2 is 1.83 bits per heavy atom. The second-order valence-corrected chi connectivity index (χ2v) is 7.48. The van der Waals surface area contributed by atoms with Crippen molar-refractivity contribution in [3.8, 4) is 11.8 Å². The number of nitrogens with two attached hydrogens (primary N) is 2. The second-order valence-electron chi connectivity index (χ2n) is 7.48. The van der Waals surface area contributed by atoms with Crippen molar-refractivity contribution in [2.75, 3.05) is 23.3 Å². The van der Waals surface area contributed by atoms with E-state index in [1.807, 2.05) is 6.07 Å². The van der Waals surface area contributed by atoms with Crippen LogP contribution >= 0.6 is 0 Å². The van der Waals surface area contributed by atoms with Gasteiger partial charge in [-0.05, 0) is 30.3 Å². The highest BCUT2D eigenvalue weighted by atomic mass is 19.4. The van der Waals surface area contributed by atoms with Crippen LogP contribution in [0, 0.1) is 23.0 Å². The number of aromatic nitrogens is 4. The molecular formula is C22H15F5N8O. The minimum Gasteiger partial charge on any atom is -0.382 e. The van der Waals surface area contributed by atoms with Gasteiger partial charge in [0.15, 0.2) is 5.82 Å². The van der Waals surface area contributed by atoms with Gasteiger partial charge < -0.3 is 16.8 Å². The maximum absolute atomic E-state index is 14.5. The Morgan fingerprint density at radius 1 is 1.08 bits per heavy atom. The number of nitrogen functional groups attached to an aromatic ring is 2. The first kappa shape index (κ1) is 24.3. The van der Waals surface area contributed by atoms with Gasteiger partial charge >= 0.3 is 6.18 Å². The van der Waals surface area contributed by atoms with Crippen molar-refractivity contribution >= 4 is 28.5 Å². The molecule has 0 amide bonds. The minimum absolute atomic E-state index is 0.0201. The summed E-state index contributed by atoms with van der Waals surface area (Å²) in [6.45, 7) is -0.0702. The summed E-state index contributed by atoms with van der Waals surface area (Å²) in [6.07, 6.45) is -5.05. The van der Waals surface area contributed by atoms with Gasteiger partial charge in [0.25, 0.3) is 5.56 Å². The lowest BCUT2D eigenvalue weighted by Gasteiger charge is -2.16. The van der Waals surface area contributed by atoms with Gasteiger partial charge in [0.05, 0.1) is 16.8 Å². The number of hydrogen-bond donors (Lipinski definition) is 3. The molecule has 2 aromatic carbocycles. The van der Waals surface area contributed by atoms with E-state index in [9.17, 15) is 32.0 Å². The van der Waals surface area contributed by atoms with Crippen molar-refractivity contribution in [1.82, 2.24) is 19.5 Å². The van der Waals surface area contributed by atoms with Gasteiger partial charge in [0.2, 0.25) is 5.95 Å². The van der Waals surface area contributed by atoms with Crippen LogP contribution in [0.5, 0.6) is 0 Å². The first-order valence-electron chi connectivity index (χ1n) is 10.1. The first-order chi connectivity index (χ1) is 17.0. The number of nitriles is 1. The zero-order valence-electron chi connectivity index (χ0n) is 18.1. The normalized spacial score (nSPS) is 11.4. The molecule has 0 unspecified atom stereocenters. The first-order valence-corrected chi connectivity index (χ1v) is 10.1. The third-order valence-corrected chi connectivity index (χ3v) is 5.09. The fourth-order valence-corrected chi connectivity index (χ4v) is 3.56. The Hall–Kier alpha value is -4.80. The molecule has 5 N–H and O–H groups in total.